The molecule has 2 atom stereocenters. The summed E-state index contributed by atoms with van der Waals surface area (Å²) in [5, 5.41) is 9.81. The molecule has 0 bridgehead atoms. The van der Waals surface area contributed by atoms with Gasteiger partial charge in [0.25, 0.3) is 0 Å². The van der Waals surface area contributed by atoms with Crippen LogP contribution in [-0.4, -0.2) is 11.2 Å². The van der Waals surface area contributed by atoms with Crippen LogP contribution in [0, 0.1) is 5.92 Å². The van der Waals surface area contributed by atoms with E-state index in [9.17, 15) is 5.11 Å². The average Bonchev–Trinajstić information content (AvgIpc) is 2.39. The van der Waals surface area contributed by atoms with Gasteiger partial charge in [-0.25, -0.2) is 0 Å². The molecule has 0 spiro atoms. The van der Waals surface area contributed by atoms with E-state index in [0.29, 0.717) is 5.92 Å². The Kier molecular flexibility index (Phi) is 14.3. The molecule has 0 aromatic carbocycles. The minimum Gasteiger partial charge on any atom is -0.393 e. The maximum atomic E-state index is 9.81. The van der Waals surface area contributed by atoms with Gasteiger partial charge in [-0.3, -0.25) is 0 Å². The van der Waals surface area contributed by atoms with Crippen LogP contribution in [0.25, 0.3) is 0 Å². The van der Waals surface area contributed by atoms with Crippen LogP contribution >= 0.6 is 0 Å². The maximum absolute atomic E-state index is 9.81. The molecule has 0 aliphatic rings. The maximum Gasteiger partial charge on any atom is 0.0540 e. The molecule has 0 saturated carbocycles. The number of hydrogen-bond donors (Lipinski definition) is 1. The molecule has 1 heteroatoms. The van der Waals surface area contributed by atoms with Crippen molar-refractivity contribution < 1.29 is 5.11 Å². The van der Waals surface area contributed by atoms with Crippen molar-refractivity contribution in [1.29, 1.82) is 0 Å². The largest absolute Gasteiger partial charge is 0.393 e. The Hall–Kier alpha value is -0.0400. The van der Waals surface area contributed by atoms with Gasteiger partial charge in [0, 0.05) is 0 Å². The van der Waals surface area contributed by atoms with Crippen molar-refractivity contribution in [2.45, 2.75) is 110 Å². The lowest BCUT2D eigenvalue weighted by Crippen LogP contribution is -2.16. The third kappa shape index (κ3) is 12.7. The number of unbranched alkanes of at least 4 members (excludes halogenated alkanes) is 9. The Bertz CT molecular complexity index is 165. The molecule has 0 aliphatic heterocycles. The summed E-state index contributed by atoms with van der Waals surface area (Å²) in [6.45, 7) is 6.49. The number of rotatable bonds is 14. The molecule has 0 aliphatic carbocycles. The topological polar surface area (TPSA) is 20.2 Å². The van der Waals surface area contributed by atoms with E-state index >= 15 is 0 Å². The third-order valence-electron chi connectivity index (χ3n) is 4.29. The lowest BCUT2D eigenvalue weighted by molar-refractivity contribution is 0.111. The average molecular weight is 271 g/mol. The highest BCUT2D eigenvalue weighted by molar-refractivity contribution is 4.65. The highest BCUT2D eigenvalue weighted by Gasteiger charge is 2.13. The van der Waals surface area contributed by atoms with E-state index in [1.165, 1.54) is 83.5 Å². The second kappa shape index (κ2) is 14.4. The molecule has 0 aromatic rings. The van der Waals surface area contributed by atoms with Gasteiger partial charge in [0.1, 0.15) is 0 Å². The van der Waals surface area contributed by atoms with Gasteiger partial charge in [-0.2, -0.15) is 0 Å². The fourth-order valence-corrected chi connectivity index (χ4v) is 2.82. The first-order valence-corrected chi connectivity index (χ1v) is 8.90. The highest BCUT2D eigenvalue weighted by Crippen LogP contribution is 2.21. The van der Waals surface area contributed by atoms with Crippen LogP contribution in [0.4, 0.5) is 0 Å². The van der Waals surface area contributed by atoms with E-state index in [1.807, 2.05) is 6.92 Å². The molecule has 1 nitrogen and oxygen atoms in total. The molecule has 0 rings (SSSR count). The van der Waals surface area contributed by atoms with E-state index in [0.717, 1.165) is 0 Å². The second-order valence-electron chi connectivity index (χ2n) is 6.26. The smallest absolute Gasteiger partial charge is 0.0540 e. The van der Waals surface area contributed by atoms with Crippen LogP contribution in [0.5, 0.6) is 0 Å². The monoisotopic (exact) mass is 270 g/mol. The Labute approximate surface area is 122 Å². The molecule has 0 radical (unpaired) electrons. The van der Waals surface area contributed by atoms with Crippen molar-refractivity contribution in [2.75, 3.05) is 0 Å². The zero-order valence-corrected chi connectivity index (χ0v) is 13.8. The van der Waals surface area contributed by atoms with Crippen LogP contribution in [-0.2, 0) is 0 Å². The summed E-state index contributed by atoms with van der Waals surface area (Å²) in [6.07, 6.45) is 17.3. The lowest BCUT2D eigenvalue weighted by Gasteiger charge is -2.19. The van der Waals surface area contributed by atoms with Crippen molar-refractivity contribution in [3.05, 3.63) is 0 Å². The SMILES string of the molecule is CCCCCCCCCCC(CCCCC)C(C)O. The van der Waals surface area contributed by atoms with Gasteiger partial charge in [0.2, 0.25) is 0 Å². The van der Waals surface area contributed by atoms with Gasteiger partial charge in [0.05, 0.1) is 6.10 Å². The first kappa shape index (κ1) is 19.0. The van der Waals surface area contributed by atoms with Crippen LogP contribution in [0.1, 0.15) is 104 Å². The summed E-state index contributed by atoms with van der Waals surface area (Å²) in [7, 11) is 0. The van der Waals surface area contributed by atoms with E-state index in [4.69, 9.17) is 0 Å². The standard InChI is InChI=1S/C18H38O/c1-4-6-8-9-10-11-12-14-16-18(17(3)19)15-13-7-5-2/h17-19H,4-16H2,1-3H3. The zero-order valence-electron chi connectivity index (χ0n) is 13.8. The number of hydrogen-bond acceptors (Lipinski definition) is 1. The highest BCUT2D eigenvalue weighted by atomic mass is 16.3. The van der Waals surface area contributed by atoms with Crippen LogP contribution in [0.2, 0.25) is 0 Å². The fourth-order valence-electron chi connectivity index (χ4n) is 2.82. The summed E-state index contributed by atoms with van der Waals surface area (Å²) in [5.41, 5.74) is 0. The van der Waals surface area contributed by atoms with Gasteiger partial charge in [0.15, 0.2) is 0 Å². The quantitative estimate of drug-likeness (QED) is 0.378. The molecule has 1 N–H and O–H groups in total. The van der Waals surface area contributed by atoms with Crippen molar-refractivity contribution in [2.24, 2.45) is 5.92 Å². The molecule has 0 fully saturated rings. The third-order valence-corrected chi connectivity index (χ3v) is 4.29. The van der Waals surface area contributed by atoms with Crippen LogP contribution < -0.4 is 0 Å². The minimum absolute atomic E-state index is 0.110. The Morgan fingerprint density at radius 1 is 0.632 bits per heavy atom. The lowest BCUT2D eigenvalue weighted by atomic mass is 9.90. The fraction of sp³-hybridized carbons (Fsp3) is 1.00. The van der Waals surface area contributed by atoms with Gasteiger partial charge in [-0.1, -0.05) is 84.5 Å². The second-order valence-corrected chi connectivity index (χ2v) is 6.26. The molecule has 0 heterocycles. The van der Waals surface area contributed by atoms with E-state index in [2.05, 4.69) is 13.8 Å². The van der Waals surface area contributed by atoms with Gasteiger partial charge < -0.3 is 5.11 Å². The van der Waals surface area contributed by atoms with Crippen molar-refractivity contribution in [1.82, 2.24) is 0 Å². The van der Waals surface area contributed by atoms with E-state index < -0.39 is 0 Å². The molecular weight excluding hydrogens is 232 g/mol. The van der Waals surface area contributed by atoms with E-state index in [-0.39, 0.29) is 6.10 Å². The van der Waals surface area contributed by atoms with Crippen LogP contribution in [0.3, 0.4) is 0 Å². The summed E-state index contributed by atoms with van der Waals surface area (Å²) in [6, 6.07) is 0. The molecule has 0 aromatic heterocycles. The predicted molar refractivity (Wildman–Crippen MR) is 86.5 cm³/mol. The molecule has 0 saturated heterocycles. The van der Waals surface area contributed by atoms with E-state index in [1.54, 1.807) is 0 Å². The van der Waals surface area contributed by atoms with Gasteiger partial charge in [-0.05, 0) is 25.7 Å². The van der Waals surface area contributed by atoms with Gasteiger partial charge in [-0.15, -0.1) is 0 Å². The molecule has 116 valence electrons. The first-order valence-electron chi connectivity index (χ1n) is 8.90. The molecule has 2 unspecified atom stereocenters. The predicted octanol–water partition coefficient (Wildman–Crippen LogP) is 6.09. The summed E-state index contributed by atoms with van der Waals surface area (Å²) in [5.74, 6) is 0.548. The van der Waals surface area contributed by atoms with Crippen molar-refractivity contribution in [3.63, 3.8) is 0 Å². The van der Waals surface area contributed by atoms with Gasteiger partial charge >= 0.3 is 0 Å². The normalized spacial score (nSPS) is 14.5. The number of aliphatic hydroxyl groups is 1. The first-order chi connectivity index (χ1) is 9.22. The Morgan fingerprint density at radius 2 is 1.00 bits per heavy atom. The Morgan fingerprint density at radius 3 is 1.47 bits per heavy atom. The zero-order chi connectivity index (χ0) is 14.3. The molecule has 19 heavy (non-hydrogen) atoms. The summed E-state index contributed by atoms with van der Waals surface area (Å²) < 4.78 is 0. The minimum atomic E-state index is -0.110. The number of aliphatic hydroxyl groups excluding tert-OH is 1. The summed E-state index contributed by atoms with van der Waals surface area (Å²) >= 11 is 0. The van der Waals surface area contributed by atoms with Crippen molar-refractivity contribution >= 4 is 0 Å². The van der Waals surface area contributed by atoms with Crippen LogP contribution in [0.15, 0.2) is 0 Å². The molecule has 0 amide bonds. The summed E-state index contributed by atoms with van der Waals surface area (Å²) in [4.78, 5) is 0. The Balaban J connectivity index is 3.43. The van der Waals surface area contributed by atoms with Crippen molar-refractivity contribution in [3.8, 4) is 0 Å². The molecular formula is C18H38O.